The number of carbonyl (C=O) groups excluding carboxylic acids is 1. The molecule has 37 heavy (non-hydrogen) atoms. The van der Waals surface area contributed by atoms with Crippen molar-refractivity contribution in [2.24, 2.45) is 11.8 Å². The van der Waals surface area contributed by atoms with Crippen LogP contribution in [-0.2, 0) is 4.79 Å². The van der Waals surface area contributed by atoms with E-state index in [-0.39, 0.29) is 57.4 Å². The highest BCUT2D eigenvalue weighted by Gasteiger charge is 2.52. The highest BCUT2D eigenvalue weighted by Crippen LogP contribution is 2.40. The van der Waals surface area contributed by atoms with Gasteiger partial charge in [0.15, 0.2) is 0 Å². The number of hydrazine groups is 1. The molecule has 1 aromatic rings. The molecule has 4 rings (SSSR count). The zero-order valence-electron chi connectivity index (χ0n) is 20.4. The molecule has 0 bridgehead atoms. The lowest BCUT2D eigenvalue weighted by molar-refractivity contribution is -0.216. The van der Waals surface area contributed by atoms with Crippen molar-refractivity contribution in [2.45, 2.75) is 69.6 Å². The number of rotatable bonds is 5. The minimum Gasteiger partial charge on any atom is -0.388 e. The molecule has 3 aliphatic heterocycles. The first kappa shape index (κ1) is 28.1. The number of carbonyl (C=O) groups is 1. The van der Waals surface area contributed by atoms with Gasteiger partial charge in [0.2, 0.25) is 5.91 Å². The third-order valence-electron chi connectivity index (χ3n) is 7.90. The molecule has 3 fully saturated rings. The number of aliphatic hydroxyl groups is 1. The van der Waals surface area contributed by atoms with Crippen LogP contribution in [0.1, 0.15) is 49.3 Å². The van der Waals surface area contributed by atoms with Crippen LogP contribution in [0.3, 0.4) is 0 Å². The second kappa shape index (κ2) is 10.7. The van der Waals surface area contributed by atoms with Crippen molar-refractivity contribution in [3.63, 3.8) is 0 Å². The lowest BCUT2D eigenvalue weighted by Gasteiger charge is -2.45. The highest BCUT2D eigenvalue weighted by molar-refractivity contribution is 5.80. The lowest BCUT2D eigenvalue weighted by Crippen LogP contribution is -2.59. The lowest BCUT2D eigenvalue weighted by atomic mass is 9.79. The third-order valence-corrected chi connectivity index (χ3v) is 7.90. The van der Waals surface area contributed by atoms with Crippen LogP contribution in [0.4, 0.5) is 30.7 Å². The van der Waals surface area contributed by atoms with Gasteiger partial charge in [-0.25, -0.2) is 14.4 Å². The molecule has 12 heteroatoms. The maximum atomic E-state index is 14.0. The predicted molar refractivity (Wildman–Crippen MR) is 120 cm³/mol. The van der Waals surface area contributed by atoms with Crippen LogP contribution >= 0.6 is 0 Å². The molecule has 5 nitrogen and oxygen atoms in total. The van der Waals surface area contributed by atoms with E-state index in [2.05, 4.69) is 0 Å². The number of amides is 1. The van der Waals surface area contributed by atoms with Crippen LogP contribution < -0.4 is 0 Å². The Hall–Kier alpha value is -1.92. The number of nitrogens with zero attached hydrogens (tertiary/aromatic N) is 3. The molecule has 1 radical (unpaired) electrons. The molecule has 207 valence electrons. The first-order valence-electron chi connectivity index (χ1n) is 12.5. The van der Waals surface area contributed by atoms with Crippen LogP contribution in [0.5, 0.6) is 0 Å². The van der Waals surface area contributed by atoms with Crippen molar-refractivity contribution >= 4 is 5.91 Å². The molecule has 3 heterocycles. The average molecular weight is 539 g/mol. The van der Waals surface area contributed by atoms with Gasteiger partial charge < -0.3 is 10.0 Å². The van der Waals surface area contributed by atoms with Crippen molar-refractivity contribution in [3.8, 4) is 0 Å². The molecular formula is C25H31F7N3O2. The Kier molecular flexibility index (Phi) is 8.11. The van der Waals surface area contributed by atoms with Gasteiger partial charge in [0, 0.05) is 26.2 Å². The monoisotopic (exact) mass is 538 g/mol. The molecule has 3 saturated heterocycles. The number of benzene rings is 1. The van der Waals surface area contributed by atoms with Gasteiger partial charge in [-0.15, -0.1) is 0 Å². The van der Waals surface area contributed by atoms with Crippen molar-refractivity contribution in [2.75, 3.05) is 26.2 Å². The Bertz CT molecular complexity index is 971. The summed E-state index contributed by atoms with van der Waals surface area (Å²) in [7, 11) is 0. The van der Waals surface area contributed by atoms with E-state index in [0.717, 1.165) is 4.90 Å². The van der Waals surface area contributed by atoms with Gasteiger partial charge in [0.25, 0.3) is 0 Å². The molecule has 1 N–H and O–H groups in total. The van der Waals surface area contributed by atoms with Crippen LogP contribution in [0.2, 0.25) is 0 Å². The fraction of sp³-hybridized carbons (Fsp3) is 0.680. The standard InChI is InChI=1S/C25H31F7N3O2/c1-15-17(5-2-6-19(15)26)20(36)13-16-9-12-33(35-11-4-8-22(35)25(30,31)32)14-18(16)23(37)34-10-3-7-21(34)24(27,28)29/h2,5-6,9,16,18,20-22,36H,3-4,7-8,10-14H2,1H3/t16?,18-,20?,21+,22+/m0/s1. The van der Waals surface area contributed by atoms with Gasteiger partial charge in [-0.05, 0) is 68.6 Å². The number of alkyl halides is 6. The van der Waals surface area contributed by atoms with Crippen molar-refractivity contribution in [3.05, 3.63) is 41.6 Å². The van der Waals surface area contributed by atoms with Crippen molar-refractivity contribution < 1.29 is 40.6 Å². The number of piperidine rings is 1. The Labute approximate surface area is 211 Å². The SMILES string of the molecule is Cc1c(F)cccc1C(O)CC1[CH]CN(N2CCC[C@@H]2C(F)(F)F)C[C@@H]1C(=O)N1CCC[C@@H]1C(F)(F)F. The first-order valence-corrected chi connectivity index (χ1v) is 12.5. The Balaban J connectivity index is 1.59. The summed E-state index contributed by atoms with van der Waals surface area (Å²) >= 11 is 0. The van der Waals surface area contributed by atoms with E-state index in [9.17, 15) is 40.6 Å². The average Bonchev–Trinajstić information content (AvgIpc) is 3.50. The molecule has 1 amide bonds. The second-order valence-electron chi connectivity index (χ2n) is 10.2. The molecule has 1 aromatic carbocycles. The van der Waals surface area contributed by atoms with E-state index in [1.54, 1.807) is 6.42 Å². The van der Waals surface area contributed by atoms with Gasteiger partial charge in [0.1, 0.15) is 17.9 Å². The summed E-state index contributed by atoms with van der Waals surface area (Å²) in [6.45, 7) is 1.39. The van der Waals surface area contributed by atoms with Gasteiger partial charge in [0.05, 0.1) is 12.0 Å². The molecule has 0 aliphatic carbocycles. The summed E-state index contributed by atoms with van der Waals surface area (Å²) in [6, 6.07) is 0.538. The van der Waals surface area contributed by atoms with Crippen molar-refractivity contribution in [1.29, 1.82) is 0 Å². The highest BCUT2D eigenvalue weighted by atomic mass is 19.4. The predicted octanol–water partition coefficient (Wildman–Crippen LogP) is 4.80. The smallest absolute Gasteiger partial charge is 0.388 e. The number of hydrogen-bond acceptors (Lipinski definition) is 4. The summed E-state index contributed by atoms with van der Waals surface area (Å²) in [5, 5.41) is 13.5. The van der Waals surface area contributed by atoms with Crippen LogP contribution in [-0.4, -0.2) is 76.5 Å². The maximum absolute atomic E-state index is 14.0. The quantitative estimate of drug-likeness (QED) is 0.547. The Morgan fingerprint density at radius 2 is 1.70 bits per heavy atom. The zero-order chi connectivity index (χ0) is 27.1. The molecule has 3 aliphatic rings. The van der Waals surface area contributed by atoms with Crippen molar-refractivity contribution in [1.82, 2.24) is 14.9 Å². The van der Waals surface area contributed by atoms with Gasteiger partial charge in [-0.3, -0.25) is 4.79 Å². The minimum atomic E-state index is -4.62. The van der Waals surface area contributed by atoms with E-state index in [4.69, 9.17) is 0 Å². The van der Waals surface area contributed by atoms with E-state index in [1.807, 2.05) is 0 Å². The maximum Gasteiger partial charge on any atom is 0.408 e. The van der Waals surface area contributed by atoms with E-state index < -0.39 is 54.1 Å². The molecule has 2 unspecified atom stereocenters. The van der Waals surface area contributed by atoms with E-state index in [1.165, 1.54) is 35.1 Å². The normalized spacial score (nSPS) is 29.2. The first-order chi connectivity index (χ1) is 17.3. The third kappa shape index (κ3) is 5.90. The largest absolute Gasteiger partial charge is 0.408 e. The minimum absolute atomic E-state index is 0.0541. The summed E-state index contributed by atoms with van der Waals surface area (Å²) in [6.07, 6.45) is -8.60. The summed E-state index contributed by atoms with van der Waals surface area (Å²) < 4.78 is 95.8. The fourth-order valence-corrected chi connectivity index (χ4v) is 5.97. The van der Waals surface area contributed by atoms with Crippen LogP contribution in [0, 0.1) is 31.0 Å². The number of aliphatic hydroxyl groups excluding tert-OH is 1. The fourth-order valence-electron chi connectivity index (χ4n) is 5.97. The second-order valence-corrected chi connectivity index (χ2v) is 10.2. The topological polar surface area (TPSA) is 47.0 Å². The molecule has 0 spiro atoms. The number of halogens is 7. The Morgan fingerprint density at radius 1 is 1.05 bits per heavy atom. The zero-order valence-corrected chi connectivity index (χ0v) is 20.4. The molecule has 0 aromatic heterocycles. The number of hydrogen-bond donors (Lipinski definition) is 1. The van der Waals surface area contributed by atoms with Gasteiger partial charge in [-0.1, -0.05) is 12.1 Å². The summed E-state index contributed by atoms with van der Waals surface area (Å²) in [5.74, 6) is -3.10. The van der Waals surface area contributed by atoms with Crippen LogP contribution in [0.25, 0.3) is 0 Å². The number of likely N-dealkylation sites (tertiary alicyclic amines) is 1. The van der Waals surface area contributed by atoms with Gasteiger partial charge >= 0.3 is 12.4 Å². The molecule has 0 saturated carbocycles. The van der Waals surface area contributed by atoms with Gasteiger partial charge in [-0.2, -0.15) is 26.3 Å². The van der Waals surface area contributed by atoms with E-state index >= 15 is 0 Å². The van der Waals surface area contributed by atoms with E-state index in [0.29, 0.717) is 12.0 Å². The Morgan fingerprint density at radius 3 is 2.38 bits per heavy atom. The van der Waals surface area contributed by atoms with Crippen LogP contribution in [0.15, 0.2) is 18.2 Å². The molecular weight excluding hydrogens is 507 g/mol. The summed E-state index contributed by atoms with van der Waals surface area (Å²) in [5.41, 5.74) is 0.519. The summed E-state index contributed by atoms with van der Waals surface area (Å²) in [4.78, 5) is 14.3. The molecule has 5 atom stereocenters.